The van der Waals surface area contributed by atoms with Crippen LogP contribution >= 0.6 is 0 Å². The average Bonchev–Trinajstić information content (AvgIpc) is 2.89. The summed E-state index contributed by atoms with van der Waals surface area (Å²) in [6, 6.07) is 0.267. The first-order chi connectivity index (χ1) is 9.53. The summed E-state index contributed by atoms with van der Waals surface area (Å²) >= 11 is 0. The molecule has 0 aromatic rings. The average molecular weight is 282 g/mol. The molecule has 2 fully saturated rings. The molecule has 20 heavy (non-hydrogen) atoms. The molecular weight excluding hydrogens is 256 g/mol. The van der Waals surface area contributed by atoms with Crippen LogP contribution in [0.4, 0.5) is 0 Å². The number of carbonyl (C=O) groups excluding carboxylic acids is 1. The maximum Gasteiger partial charge on any atom is 0.226 e. The Hall–Kier alpha value is -1.30. The smallest absolute Gasteiger partial charge is 0.226 e. The fraction of sp³-hybridized carbons (Fsp3) is 0.857. The molecule has 2 rings (SSSR count). The van der Waals surface area contributed by atoms with Crippen LogP contribution in [-0.4, -0.2) is 47.5 Å². The number of nitrogens with one attached hydrogen (secondary N) is 1. The summed E-state index contributed by atoms with van der Waals surface area (Å²) in [4.78, 5) is 14.5. The molecule has 0 aromatic heterocycles. The van der Waals surface area contributed by atoms with Crippen LogP contribution in [0, 0.1) is 5.41 Å². The summed E-state index contributed by atoms with van der Waals surface area (Å²) in [5, 5.41) is 14.8. The number of hydrogen-bond donors (Lipinski definition) is 3. The van der Waals surface area contributed by atoms with Gasteiger partial charge in [-0.2, -0.15) is 0 Å². The summed E-state index contributed by atoms with van der Waals surface area (Å²) in [6.45, 7) is 4.33. The number of nitrogens with two attached hydrogens (primary N) is 1. The SMILES string of the molecule is CC1(C(=O)NC2CCN(CC(N)=NO)CC2)CCCC1. The third-order valence-electron chi connectivity index (χ3n) is 4.69. The minimum absolute atomic E-state index is 0.148. The Morgan fingerprint density at radius 3 is 2.55 bits per heavy atom. The molecule has 6 nitrogen and oxygen atoms in total. The monoisotopic (exact) mass is 282 g/mol. The summed E-state index contributed by atoms with van der Waals surface area (Å²) < 4.78 is 0. The molecule has 1 aliphatic carbocycles. The molecule has 6 heteroatoms. The van der Waals surface area contributed by atoms with Crippen LogP contribution in [0.1, 0.15) is 45.4 Å². The van der Waals surface area contributed by atoms with E-state index in [0.29, 0.717) is 6.54 Å². The molecule has 0 unspecified atom stereocenters. The summed E-state index contributed by atoms with van der Waals surface area (Å²) in [6.07, 6.45) is 6.23. The van der Waals surface area contributed by atoms with Gasteiger partial charge >= 0.3 is 0 Å². The van der Waals surface area contributed by atoms with Gasteiger partial charge in [-0.15, -0.1) is 0 Å². The quantitative estimate of drug-likeness (QED) is 0.309. The number of rotatable bonds is 4. The van der Waals surface area contributed by atoms with Crippen molar-refractivity contribution in [3.63, 3.8) is 0 Å². The van der Waals surface area contributed by atoms with Crippen molar-refractivity contribution in [1.82, 2.24) is 10.2 Å². The third-order valence-corrected chi connectivity index (χ3v) is 4.69. The Bertz CT molecular complexity index is 369. The topological polar surface area (TPSA) is 91.0 Å². The van der Waals surface area contributed by atoms with E-state index in [0.717, 1.165) is 38.8 Å². The highest BCUT2D eigenvalue weighted by molar-refractivity contribution is 5.83. The second-order valence-electron chi connectivity index (χ2n) is 6.38. The van der Waals surface area contributed by atoms with E-state index in [1.807, 2.05) is 0 Å². The number of piperidine rings is 1. The number of oxime groups is 1. The van der Waals surface area contributed by atoms with Gasteiger partial charge < -0.3 is 16.3 Å². The number of likely N-dealkylation sites (tertiary alicyclic amines) is 1. The van der Waals surface area contributed by atoms with Crippen LogP contribution in [0.5, 0.6) is 0 Å². The van der Waals surface area contributed by atoms with Crippen molar-refractivity contribution in [3.8, 4) is 0 Å². The van der Waals surface area contributed by atoms with Crippen molar-refractivity contribution in [1.29, 1.82) is 0 Å². The molecule has 0 aromatic carbocycles. The Balaban J connectivity index is 1.75. The molecule has 0 bridgehead atoms. The third kappa shape index (κ3) is 3.62. The predicted octanol–water partition coefficient (Wildman–Crippen LogP) is 0.894. The number of nitrogens with zero attached hydrogens (tertiary/aromatic N) is 2. The molecule has 1 saturated carbocycles. The maximum atomic E-state index is 12.3. The van der Waals surface area contributed by atoms with Crippen molar-refractivity contribution in [2.75, 3.05) is 19.6 Å². The zero-order chi connectivity index (χ0) is 14.6. The van der Waals surface area contributed by atoms with Gasteiger partial charge in [0, 0.05) is 24.5 Å². The highest BCUT2D eigenvalue weighted by atomic mass is 16.4. The molecule has 0 atom stereocenters. The highest BCUT2D eigenvalue weighted by Gasteiger charge is 2.37. The number of hydrogen-bond acceptors (Lipinski definition) is 4. The Labute approximate surface area is 120 Å². The van der Waals surface area contributed by atoms with E-state index in [-0.39, 0.29) is 23.2 Å². The van der Waals surface area contributed by atoms with Crippen LogP contribution in [0.3, 0.4) is 0 Å². The first kappa shape index (κ1) is 15.1. The van der Waals surface area contributed by atoms with E-state index in [9.17, 15) is 4.79 Å². The molecule has 1 aliphatic heterocycles. The first-order valence-corrected chi connectivity index (χ1v) is 7.53. The lowest BCUT2D eigenvalue weighted by Crippen LogP contribution is -2.49. The minimum atomic E-state index is -0.148. The van der Waals surface area contributed by atoms with Crippen molar-refractivity contribution in [3.05, 3.63) is 0 Å². The van der Waals surface area contributed by atoms with E-state index in [1.165, 1.54) is 12.8 Å². The molecule has 4 N–H and O–H groups in total. The van der Waals surface area contributed by atoms with Gasteiger partial charge in [-0.25, -0.2) is 0 Å². The van der Waals surface area contributed by atoms with E-state index in [1.54, 1.807) is 0 Å². The van der Waals surface area contributed by atoms with Crippen molar-refractivity contribution < 1.29 is 10.0 Å². The van der Waals surface area contributed by atoms with Gasteiger partial charge in [-0.3, -0.25) is 9.69 Å². The number of carbonyl (C=O) groups is 1. The second kappa shape index (κ2) is 6.43. The van der Waals surface area contributed by atoms with E-state index in [4.69, 9.17) is 10.9 Å². The van der Waals surface area contributed by atoms with Crippen LogP contribution in [-0.2, 0) is 4.79 Å². The van der Waals surface area contributed by atoms with Crippen LogP contribution < -0.4 is 11.1 Å². The number of amidine groups is 1. The first-order valence-electron chi connectivity index (χ1n) is 7.53. The van der Waals surface area contributed by atoms with Gasteiger partial charge in [-0.05, 0) is 25.7 Å². The maximum absolute atomic E-state index is 12.3. The predicted molar refractivity (Wildman–Crippen MR) is 77.6 cm³/mol. The van der Waals surface area contributed by atoms with Gasteiger partial charge in [0.25, 0.3) is 0 Å². The van der Waals surface area contributed by atoms with Crippen molar-refractivity contribution in [2.24, 2.45) is 16.3 Å². The Kier molecular flexibility index (Phi) is 4.86. The van der Waals surface area contributed by atoms with E-state index >= 15 is 0 Å². The van der Waals surface area contributed by atoms with Crippen molar-refractivity contribution in [2.45, 2.75) is 51.5 Å². The molecule has 0 radical (unpaired) electrons. The molecule has 0 spiro atoms. The van der Waals surface area contributed by atoms with Crippen molar-refractivity contribution >= 4 is 11.7 Å². The highest BCUT2D eigenvalue weighted by Crippen LogP contribution is 2.37. The summed E-state index contributed by atoms with van der Waals surface area (Å²) in [5.41, 5.74) is 5.36. The molecule has 1 saturated heterocycles. The summed E-state index contributed by atoms with van der Waals surface area (Å²) in [7, 11) is 0. The Morgan fingerprint density at radius 1 is 1.40 bits per heavy atom. The normalized spacial score (nSPS) is 24.8. The fourth-order valence-corrected chi connectivity index (χ4v) is 3.24. The summed E-state index contributed by atoms with van der Waals surface area (Å²) in [5.74, 6) is 0.468. The van der Waals surface area contributed by atoms with E-state index in [2.05, 4.69) is 22.3 Å². The molecule has 2 aliphatic rings. The fourth-order valence-electron chi connectivity index (χ4n) is 3.24. The largest absolute Gasteiger partial charge is 0.409 e. The van der Waals surface area contributed by atoms with E-state index < -0.39 is 0 Å². The molecule has 1 heterocycles. The zero-order valence-corrected chi connectivity index (χ0v) is 12.3. The molecular formula is C14H26N4O2. The van der Waals surface area contributed by atoms with Gasteiger partial charge in [0.1, 0.15) is 0 Å². The molecule has 1 amide bonds. The zero-order valence-electron chi connectivity index (χ0n) is 12.3. The lowest BCUT2D eigenvalue weighted by atomic mass is 9.87. The van der Waals surface area contributed by atoms with Gasteiger partial charge in [0.15, 0.2) is 5.84 Å². The Morgan fingerprint density at radius 2 is 2.00 bits per heavy atom. The number of amides is 1. The molecule has 114 valence electrons. The minimum Gasteiger partial charge on any atom is -0.409 e. The van der Waals surface area contributed by atoms with Gasteiger partial charge in [0.05, 0.1) is 6.54 Å². The lowest BCUT2D eigenvalue weighted by molar-refractivity contribution is -0.131. The van der Waals surface area contributed by atoms with Gasteiger partial charge in [-0.1, -0.05) is 24.9 Å². The second-order valence-corrected chi connectivity index (χ2v) is 6.38. The van der Waals surface area contributed by atoms with Crippen LogP contribution in [0.15, 0.2) is 5.16 Å². The van der Waals surface area contributed by atoms with Gasteiger partial charge in [0.2, 0.25) is 5.91 Å². The standard InChI is InChI=1S/C14H26N4O2/c1-14(6-2-3-7-14)13(19)16-11-4-8-18(9-5-11)10-12(15)17-20/h11,20H,2-10H2,1H3,(H2,15,17)(H,16,19). The lowest BCUT2D eigenvalue weighted by Gasteiger charge is -2.34. The van der Waals surface area contributed by atoms with Crippen LogP contribution in [0.2, 0.25) is 0 Å². The van der Waals surface area contributed by atoms with Crippen LogP contribution in [0.25, 0.3) is 0 Å².